The summed E-state index contributed by atoms with van der Waals surface area (Å²) in [6, 6.07) is 0. The fourth-order valence-corrected chi connectivity index (χ4v) is 11.9. The van der Waals surface area contributed by atoms with Crippen LogP contribution in [0, 0.1) is 0 Å². The molecule has 7 heteroatoms. The molecule has 2 aliphatic rings. The highest BCUT2D eigenvalue weighted by Crippen LogP contribution is 2.56. The van der Waals surface area contributed by atoms with Crippen molar-refractivity contribution < 1.29 is 28.5 Å². The first-order valence-corrected chi connectivity index (χ1v) is 15.1. The summed E-state index contributed by atoms with van der Waals surface area (Å²) in [7, 11) is -0.665. The highest BCUT2D eigenvalue weighted by Gasteiger charge is 2.55. The predicted molar refractivity (Wildman–Crippen MR) is 138 cm³/mol. The lowest BCUT2D eigenvalue weighted by molar-refractivity contribution is -0.318. The molecule has 0 saturated carbocycles. The van der Waals surface area contributed by atoms with Gasteiger partial charge in [0.1, 0.15) is 18.0 Å². The maximum Gasteiger partial charge on any atom is 0.201 e. The first-order chi connectivity index (χ1) is 15.9. The van der Waals surface area contributed by atoms with Crippen LogP contribution in [0.2, 0.25) is 16.6 Å². The summed E-state index contributed by atoms with van der Waals surface area (Å²) in [6.07, 6.45) is 0.205. The van der Waals surface area contributed by atoms with E-state index in [9.17, 15) is 5.11 Å². The minimum absolute atomic E-state index is 0.255. The van der Waals surface area contributed by atoms with Crippen LogP contribution in [0.15, 0.2) is 0 Å². The van der Waals surface area contributed by atoms with Crippen molar-refractivity contribution in [2.75, 3.05) is 13.7 Å². The van der Waals surface area contributed by atoms with E-state index in [2.05, 4.69) is 55.4 Å². The lowest BCUT2D eigenvalue weighted by atomic mass is 9.88. The molecular weight excluding hydrogens is 448 g/mol. The van der Waals surface area contributed by atoms with E-state index in [4.69, 9.17) is 23.4 Å². The number of aromatic hydroxyl groups is 1. The van der Waals surface area contributed by atoms with Crippen LogP contribution < -0.4 is 9.47 Å². The number of hydrogen-bond acceptors (Lipinski definition) is 6. The number of rotatable bonds is 8. The van der Waals surface area contributed by atoms with Crippen LogP contribution in [0.4, 0.5) is 0 Å². The van der Waals surface area contributed by atoms with Crippen LogP contribution in [0.3, 0.4) is 0 Å². The molecule has 0 aliphatic carbocycles. The molecule has 1 saturated heterocycles. The Kier molecular flexibility index (Phi) is 8.03. The topological polar surface area (TPSA) is 66.4 Å². The average molecular weight is 495 g/mol. The number of ether oxygens (including phenoxy) is 4. The Hall–Kier alpha value is -1.28. The first-order valence-electron chi connectivity index (χ1n) is 13.0. The van der Waals surface area contributed by atoms with Crippen molar-refractivity contribution in [2.24, 2.45) is 0 Å². The predicted octanol–water partition coefficient (Wildman–Crippen LogP) is 6.67. The molecule has 0 bridgehead atoms. The first kappa shape index (κ1) is 27.3. The average Bonchev–Trinajstić information content (AvgIpc) is 2.75. The lowest BCUT2D eigenvalue weighted by Gasteiger charge is -2.51. The zero-order chi connectivity index (χ0) is 25.6. The monoisotopic (exact) mass is 494 g/mol. The third kappa shape index (κ3) is 4.38. The number of methoxy groups -OCH3 is 1. The van der Waals surface area contributed by atoms with Gasteiger partial charge >= 0.3 is 0 Å². The van der Waals surface area contributed by atoms with E-state index < -0.39 is 26.3 Å². The number of phenols is 1. The second-order valence-corrected chi connectivity index (χ2v) is 16.5. The van der Waals surface area contributed by atoms with Crippen LogP contribution in [-0.2, 0) is 26.7 Å². The van der Waals surface area contributed by atoms with Gasteiger partial charge in [0, 0.05) is 11.1 Å². The SMILES string of the molecule is CCc1c(O)c2c(c(OC)c1CC)O[C@@H]1COC(C)(C)O[C@H]1[C@@H]2O[Si](C(C)C)(C(C)C)C(C)C. The largest absolute Gasteiger partial charge is 0.507 e. The number of hydrogen-bond donors (Lipinski definition) is 1. The van der Waals surface area contributed by atoms with Crippen molar-refractivity contribution in [3.05, 3.63) is 16.7 Å². The molecular formula is C27H46O6Si. The third-order valence-electron chi connectivity index (χ3n) is 7.81. The summed E-state index contributed by atoms with van der Waals surface area (Å²) >= 11 is 0. The molecule has 0 unspecified atom stereocenters. The van der Waals surface area contributed by atoms with Crippen molar-refractivity contribution in [2.45, 2.75) is 123 Å². The van der Waals surface area contributed by atoms with E-state index in [1.165, 1.54) is 0 Å². The molecule has 6 nitrogen and oxygen atoms in total. The van der Waals surface area contributed by atoms with Crippen molar-refractivity contribution >= 4 is 8.32 Å². The highest BCUT2D eigenvalue weighted by atomic mass is 28.4. The molecule has 2 heterocycles. The maximum absolute atomic E-state index is 11.7. The lowest BCUT2D eigenvalue weighted by Crippen LogP contribution is -2.58. The van der Waals surface area contributed by atoms with Crippen LogP contribution in [-0.4, -0.2) is 45.1 Å². The molecule has 194 valence electrons. The van der Waals surface area contributed by atoms with Gasteiger partial charge in [-0.3, -0.25) is 0 Å². The molecule has 0 spiro atoms. The van der Waals surface area contributed by atoms with Crippen LogP contribution in [0.25, 0.3) is 0 Å². The van der Waals surface area contributed by atoms with Crippen molar-refractivity contribution in [1.82, 2.24) is 0 Å². The number of fused-ring (bicyclic) bond motifs is 2. The van der Waals surface area contributed by atoms with E-state index in [1.54, 1.807) is 7.11 Å². The number of benzene rings is 1. The van der Waals surface area contributed by atoms with E-state index in [-0.39, 0.29) is 11.9 Å². The standard InChI is InChI=1S/C27H46O6Si/c1-12-18-19(13-2)23(29-11)25-21(22(18)28)26(24-20(31-25)14-30-27(9,10)32-24)33-34(15(3)4,16(5)6)17(7)8/h15-17,20,24,26,28H,12-14H2,1-11H3/t20-,24-,26-/m1/s1. The summed E-state index contributed by atoms with van der Waals surface area (Å²) in [4.78, 5) is 0. The smallest absolute Gasteiger partial charge is 0.201 e. The Balaban J connectivity index is 2.32. The summed E-state index contributed by atoms with van der Waals surface area (Å²) in [5.74, 6) is 0.754. The minimum Gasteiger partial charge on any atom is -0.507 e. The molecule has 0 amide bonds. The van der Waals surface area contributed by atoms with E-state index >= 15 is 0 Å². The van der Waals surface area contributed by atoms with Gasteiger partial charge in [0.15, 0.2) is 23.4 Å². The Bertz CT molecular complexity index is 857. The van der Waals surface area contributed by atoms with E-state index in [1.807, 2.05) is 13.8 Å². The van der Waals surface area contributed by atoms with Crippen LogP contribution in [0.1, 0.15) is 92.0 Å². The van der Waals surface area contributed by atoms with Gasteiger partial charge in [-0.25, -0.2) is 0 Å². The quantitative estimate of drug-likeness (QED) is 0.407. The Labute approximate surface area is 207 Å². The minimum atomic E-state index is -2.33. The van der Waals surface area contributed by atoms with Gasteiger partial charge in [-0.1, -0.05) is 55.4 Å². The summed E-state index contributed by atoms with van der Waals surface area (Å²) in [6.45, 7) is 22.0. The zero-order valence-electron chi connectivity index (χ0n) is 23.1. The van der Waals surface area contributed by atoms with E-state index in [0.29, 0.717) is 46.7 Å². The van der Waals surface area contributed by atoms with Gasteiger partial charge in [0.25, 0.3) is 0 Å². The summed E-state index contributed by atoms with van der Waals surface area (Å²) < 4.78 is 32.3. The molecule has 3 atom stereocenters. The van der Waals surface area contributed by atoms with E-state index in [0.717, 1.165) is 17.5 Å². The van der Waals surface area contributed by atoms with Gasteiger partial charge in [-0.2, -0.15) is 0 Å². The Morgan fingerprint density at radius 2 is 1.56 bits per heavy atom. The normalized spacial score (nSPS) is 24.2. The van der Waals surface area contributed by atoms with Gasteiger partial charge in [0.2, 0.25) is 8.32 Å². The van der Waals surface area contributed by atoms with Crippen molar-refractivity contribution in [3.63, 3.8) is 0 Å². The van der Waals surface area contributed by atoms with Gasteiger partial charge < -0.3 is 28.5 Å². The molecule has 0 radical (unpaired) electrons. The van der Waals surface area contributed by atoms with Crippen molar-refractivity contribution in [1.29, 1.82) is 0 Å². The molecule has 1 aromatic rings. The van der Waals surface area contributed by atoms with Gasteiger partial charge in [-0.15, -0.1) is 0 Å². The maximum atomic E-state index is 11.7. The van der Waals surface area contributed by atoms with Gasteiger partial charge in [-0.05, 0) is 43.3 Å². The zero-order valence-corrected chi connectivity index (χ0v) is 24.1. The summed E-state index contributed by atoms with van der Waals surface area (Å²) in [5, 5.41) is 11.7. The van der Waals surface area contributed by atoms with Crippen molar-refractivity contribution in [3.8, 4) is 17.2 Å². The van der Waals surface area contributed by atoms with Gasteiger partial charge in [0.05, 0.1) is 19.3 Å². The summed E-state index contributed by atoms with van der Waals surface area (Å²) in [5.41, 5.74) is 3.70. The van der Waals surface area contributed by atoms with Crippen LogP contribution in [0.5, 0.6) is 17.2 Å². The number of phenolic OH excluding ortho intramolecular Hbond substituents is 1. The fourth-order valence-electron chi connectivity index (χ4n) is 6.40. The molecule has 1 fully saturated rings. The second-order valence-electron chi connectivity index (χ2n) is 11.1. The highest BCUT2D eigenvalue weighted by molar-refractivity contribution is 6.77. The molecule has 0 aromatic heterocycles. The molecule has 2 aliphatic heterocycles. The Morgan fingerprint density at radius 3 is 2.03 bits per heavy atom. The van der Waals surface area contributed by atoms with Crippen LogP contribution >= 0.6 is 0 Å². The Morgan fingerprint density at radius 1 is 1.00 bits per heavy atom. The molecule has 1 aromatic carbocycles. The molecule has 1 N–H and O–H groups in total. The fraction of sp³-hybridized carbons (Fsp3) is 0.778. The third-order valence-corrected chi connectivity index (χ3v) is 13.9. The second kappa shape index (κ2) is 10.00. The molecule has 34 heavy (non-hydrogen) atoms. The molecule has 3 rings (SSSR count).